The number of nitrogen functional groups attached to an aromatic ring is 2. The van der Waals surface area contributed by atoms with Crippen molar-refractivity contribution < 1.29 is 18.1 Å². The molecule has 3 rings (SSSR count). The van der Waals surface area contributed by atoms with Crippen LogP contribution >= 0.6 is 39.1 Å². The highest BCUT2D eigenvalue weighted by Gasteiger charge is 2.52. The number of halogens is 5. The summed E-state index contributed by atoms with van der Waals surface area (Å²) in [6.07, 6.45) is 0. The molecule has 0 amide bonds. The largest absolute Gasteiger partial charge is 0.496 e. The Kier molecular flexibility index (Phi) is 6.93. The van der Waals surface area contributed by atoms with Crippen molar-refractivity contribution in [3.05, 3.63) is 50.4 Å². The van der Waals surface area contributed by atoms with Crippen LogP contribution in [0.2, 0.25) is 10.0 Å². The zero-order valence-corrected chi connectivity index (χ0v) is 18.8. The van der Waals surface area contributed by atoms with Gasteiger partial charge in [0, 0.05) is 9.94 Å². The highest BCUT2D eigenvalue weighted by Crippen LogP contribution is 2.37. The Balaban J connectivity index is 0.000000237. The summed E-state index contributed by atoms with van der Waals surface area (Å²) in [6.45, 7) is 7.70. The number of hydrogen-bond acceptors (Lipinski definition) is 4. The van der Waals surface area contributed by atoms with Crippen LogP contribution in [0.15, 0.2) is 28.7 Å². The third kappa shape index (κ3) is 4.57. The Morgan fingerprint density at radius 2 is 1.29 bits per heavy atom. The Hall–Kier alpha value is -1.06. The molecule has 1 saturated heterocycles. The Morgan fingerprint density at radius 3 is 1.75 bits per heavy atom. The minimum Gasteiger partial charge on any atom is -0.399 e. The lowest BCUT2D eigenvalue weighted by atomic mass is 9.79. The van der Waals surface area contributed by atoms with Gasteiger partial charge in [0.05, 0.1) is 32.6 Å². The predicted molar refractivity (Wildman–Crippen MR) is 115 cm³/mol. The Labute approximate surface area is 181 Å². The van der Waals surface area contributed by atoms with Gasteiger partial charge in [0.15, 0.2) is 11.6 Å². The fourth-order valence-electron chi connectivity index (χ4n) is 2.27. The van der Waals surface area contributed by atoms with Crippen LogP contribution in [0.25, 0.3) is 0 Å². The number of benzene rings is 2. The van der Waals surface area contributed by atoms with Gasteiger partial charge in [-0.1, -0.05) is 29.3 Å². The van der Waals surface area contributed by atoms with Crippen molar-refractivity contribution in [2.45, 2.75) is 38.9 Å². The molecule has 4 nitrogen and oxygen atoms in total. The van der Waals surface area contributed by atoms with E-state index in [9.17, 15) is 8.78 Å². The van der Waals surface area contributed by atoms with E-state index in [-0.39, 0.29) is 21.4 Å². The van der Waals surface area contributed by atoms with Gasteiger partial charge in [0.25, 0.3) is 0 Å². The van der Waals surface area contributed by atoms with E-state index in [4.69, 9.17) is 44.0 Å². The van der Waals surface area contributed by atoms with Gasteiger partial charge in [-0.3, -0.25) is 0 Å². The smallest absolute Gasteiger partial charge is 0.399 e. The van der Waals surface area contributed by atoms with E-state index in [0.717, 1.165) is 0 Å². The number of hydrogen-bond donors (Lipinski definition) is 2. The van der Waals surface area contributed by atoms with Crippen LogP contribution in [-0.4, -0.2) is 18.3 Å². The average molecular weight is 496 g/mol. The third-order valence-electron chi connectivity index (χ3n) is 4.71. The molecule has 152 valence electrons. The summed E-state index contributed by atoms with van der Waals surface area (Å²) in [5, 5.41) is -0.0199. The van der Waals surface area contributed by atoms with E-state index in [2.05, 4.69) is 15.9 Å². The van der Waals surface area contributed by atoms with E-state index in [1.165, 1.54) is 12.1 Å². The van der Waals surface area contributed by atoms with E-state index in [1.807, 2.05) is 27.7 Å². The lowest BCUT2D eigenvalue weighted by Crippen LogP contribution is -2.41. The molecule has 1 aliphatic rings. The maximum atomic E-state index is 13.7. The highest BCUT2D eigenvalue weighted by atomic mass is 79.9. The third-order valence-corrected chi connectivity index (χ3v) is 6.36. The summed E-state index contributed by atoms with van der Waals surface area (Å²) in [5.74, 6) is -1.21. The quantitative estimate of drug-likeness (QED) is 0.325. The first kappa shape index (κ1) is 23.2. The van der Waals surface area contributed by atoms with Crippen molar-refractivity contribution in [1.29, 1.82) is 0 Å². The summed E-state index contributed by atoms with van der Waals surface area (Å²) < 4.78 is 38.5. The minimum absolute atomic E-state index is 0.0141. The second kappa shape index (κ2) is 8.36. The van der Waals surface area contributed by atoms with Gasteiger partial charge in [0.2, 0.25) is 0 Å². The second-order valence-corrected chi connectivity index (χ2v) is 8.84. The summed E-state index contributed by atoms with van der Waals surface area (Å²) in [7, 11) is -0.683. The second-order valence-electron chi connectivity index (χ2n) is 7.22. The molecule has 2 aromatic carbocycles. The average Bonchev–Trinajstić information content (AvgIpc) is 2.82. The van der Waals surface area contributed by atoms with Crippen LogP contribution in [0.4, 0.5) is 20.2 Å². The van der Waals surface area contributed by atoms with Gasteiger partial charge < -0.3 is 20.8 Å². The fraction of sp³-hybridized carbons (Fsp3) is 0.333. The monoisotopic (exact) mass is 494 g/mol. The molecular formula is C18H20BBrCl2F2N2O2. The molecule has 2 aromatic rings. The van der Waals surface area contributed by atoms with Gasteiger partial charge in [-0.2, -0.15) is 0 Å². The van der Waals surface area contributed by atoms with Gasteiger partial charge in [-0.25, -0.2) is 8.78 Å². The molecule has 0 radical (unpaired) electrons. The van der Waals surface area contributed by atoms with Gasteiger partial charge in [-0.15, -0.1) is 0 Å². The van der Waals surface area contributed by atoms with Crippen LogP contribution in [0.3, 0.4) is 0 Å². The topological polar surface area (TPSA) is 70.5 Å². The van der Waals surface area contributed by atoms with Gasteiger partial charge in [-0.05, 0) is 61.8 Å². The molecular weight excluding hydrogens is 476 g/mol. The molecule has 4 N–H and O–H groups in total. The van der Waals surface area contributed by atoms with Crippen LogP contribution in [0, 0.1) is 11.6 Å². The molecule has 0 atom stereocenters. The molecule has 1 aliphatic heterocycles. The fourth-order valence-corrected chi connectivity index (χ4v) is 3.01. The summed E-state index contributed by atoms with van der Waals surface area (Å²) in [4.78, 5) is 0. The summed E-state index contributed by atoms with van der Waals surface area (Å²) >= 11 is 14.5. The molecule has 28 heavy (non-hydrogen) atoms. The maximum Gasteiger partial charge on any atom is 0.496 e. The van der Waals surface area contributed by atoms with Crippen molar-refractivity contribution in [3.8, 4) is 0 Å². The normalized spacial score (nSPS) is 17.2. The summed E-state index contributed by atoms with van der Waals surface area (Å²) in [6, 6.07) is 6.14. The van der Waals surface area contributed by atoms with E-state index in [0.29, 0.717) is 9.94 Å². The van der Waals surface area contributed by atoms with Gasteiger partial charge in [0.1, 0.15) is 0 Å². The number of anilines is 2. The van der Waals surface area contributed by atoms with Gasteiger partial charge >= 0.3 is 7.12 Å². The molecule has 0 aliphatic carbocycles. The van der Waals surface area contributed by atoms with E-state index >= 15 is 0 Å². The molecule has 0 spiro atoms. The van der Waals surface area contributed by atoms with Crippen molar-refractivity contribution >= 4 is 63.1 Å². The lowest BCUT2D eigenvalue weighted by molar-refractivity contribution is 0.00578. The van der Waals surface area contributed by atoms with Crippen molar-refractivity contribution in [2.24, 2.45) is 0 Å². The minimum atomic E-state index is -0.683. The first-order chi connectivity index (χ1) is 12.8. The molecule has 0 unspecified atom stereocenters. The predicted octanol–water partition coefficient (Wildman–Crippen LogP) is 5.18. The van der Waals surface area contributed by atoms with Crippen LogP contribution in [0.5, 0.6) is 0 Å². The van der Waals surface area contributed by atoms with Crippen molar-refractivity contribution in [1.82, 2.24) is 0 Å². The highest BCUT2D eigenvalue weighted by molar-refractivity contribution is 9.10. The SMILES string of the molecule is CC1(C)OB(c2ccc(N)c(F)c2Cl)OC1(C)C.Nc1ccc(Br)c(Cl)c1F. The Morgan fingerprint density at radius 1 is 0.857 bits per heavy atom. The van der Waals surface area contributed by atoms with Crippen molar-refractivity contribution in [2.75, 3.05) is 11.5 Å². The van der Waals surface area contributed by atoms with Crippen molar-refractivity contribution in [3.63, 3.8) is 0 Å². The first-order valence-electron chi connectivity index (χ1n) is 8.26. The van der Waals surface area contributed by atoms with Crippen LogP contribution in [-0.2, 0) is 9.31 Å². The Bertz CT molecular complexity index is 857. The molecule has 1 heterocycles. The van der Waals surface area contributed by atoms with Crippen LogP contribution in [0.1, 0.15) is 27.7 Å². The zero-order chi connectivity index (χ0) is 21.4. The molecule has 0 saturated carbocycles. The molecule has 10 heteroatoms. The number of nitrogens with two attached hydrogens (primary N) is 2. The summed E-state index contributed by atoms with van der Waals surface area (Å²) in [5.41, 5.74) is 10.2. The molecule has 1 fully saturated rings. The molecule has 0 bridgehead atoms. The standard InChI is InChI=1S/C12H16BClFNO2.C6H4BrClFN/c1-11(2)12(3,4)18-13(17-11)7-5-6-8(16)10(15)9(7)14;7-3-1-2-4(10)6(9)5(3)8/h5-6H,16H2,1-4H3;1-2H,10H2. The maximum absolute atomic E-state index is 13.7. The van der Waals surface area contributed by atoms with E-state index < -0.39 is 30.0 Å². The zero-order valence-electron chi connectivity index (χ0n) is 15.7. The first-order valence-corrected chi connectivity index (χ1v) is 9.81. The van der Waals surface area contributed by atoms with Crippen LogP contribution < -0.4 is 16.9 Å². The lowest BCUT2D eigenvalue weighted by Gasteiger charge is -2.32. The molecule has 0 aromatic heterocycles. The number of rotatable bonds is 1. The van der Waals surface area contributed by atoms with E-state index in [1.54, 1.807) is 12.1 Å².